The zero-order chi connectivity index (χ0) is 11.5. The van der Waals surface area contributed by atoms with Crippen LogP contribution < -0.4 is 9.47 Å². The number of carbonyl (C=O) groups excluding carboxylic acids is 2. The summed E-state index contributed by atoms with van der Waals surface area (Å²) >= 11 is 1.13. The first kappa shape index (κ1) is 10.9. The summed E-state index contributed by atoms with van der Waals surface area (Å²) in [6, 6.07) is 0. The van der Waals surface area contributed by atoms with Crippen LogP contribution in [0.2, 0.25) is 0 Å². The summed E-state index contributed by atoms with van der Waals surface area (Å²) in [6.45, 7) is 2.66. The lowest BCUT2D eigenvalue weighted by Crippen LogP contribution is -2.20. The van der Waals surface area contributed by atoms with Gasteiger partial charge in [0.2, 0.25) is 0 Å². The lowest BCUT2D eigenvalue weighted by Gasteiger charge is -2.15. The molecule has 0 saturated carbocycles. The number of Topliss-reactive ketones (excluding diaryl/α,β-unsaturated/α-hetero) is 1. The fourth-order valence-electron chi connectivity index (χ4n) is 1.31. The highest BCUT2D eigenvalue weighted by atomic mass is 32.1. The molecule has 86 valence electrons. The summed E-state index contributed by atoms with van der Waals surface area (Å²) in [6.07, 6.45) is 0. The maximum Gasteiger partial charge on any atom is 0.380 e. The van der Waals surface area contributed by atoms with Crippen LogP contribution >= 0.6 is 11.3 Å². The van der Waals surface area contributed by atoms with Crippen LogP contribution in [0.25, 0.3) is 0 Å². The number of rotatable bonds is 3. The maximum absolute atomic E-state index is 11.7. The van der Waals surface area contributed by atoms with E-state index in [9.17, 15) is 9.59 Å². The smallest absolute Gasteiger partial charge is 0.380 e. The number of hydrogen-bond acceptors (Lipinski definition) is 6. The molecule has 0 saturated heterocycles. The minimum atomic E-state index is -0.860. The quantitative estimate of drug-likeness (QED) is 0.453. The molecule has 1 aliphatic rings. The van der Waals surface area contributed by atoms with Crippen LogP contribution in [-0.2, 0) is 9.53 Å². The molecule has 16 heavy (non-hydrogen) atoms. The highest BCUT2D eigenvalue weighted by Gasteiger charge is 2.28. The van der Waals surface area contributed by atoms with E-state index in [4.69, 9.17) is 9.47 Å². The topological polar surface area (TPSA) is 61.8 Å². The SMILES string of the molecule is CCOC(=O)C(=O)c1scc2c1OCCO2. The Morgan fingerprint density at radius 2 is 2.19 bits per heavy atom. The third-order valence-corrected chi connectivity index (χ3v) is 2.91. The molecule has 5 nitrogen and oxygen atoms in total. The molecule has 0 bridgehead atoms. The van der Waals surface area contributed by atoms with Crippen molar-refractivity contribution in [2.45, 2.75) is 6.92 Å². The van der Waals surface area contributed by atoms with Gasteiger partial charge < -0.3 is 14.2 Å². The second-order valence-corrected chi connectivity index (χ2v) is 3.88. The third-order valence-electron chi connectivity index (χ3n) is 1.97. The molecule has 0 spiro atoms. The number of fused-ring (bicyclic) bond motifs is 1. The van der Waals surface area contributed by atoms with E-state index in [2.05, 4.69) is 4.74 Å². The molecule has 6 heteroatoms. The molecule has 2 heterocycles. The van der Waals surface area contributed by atoms with Gasteiger partial charge in [-0.3, -0.25) is 4.79 Å². The van der Waals surface area contributed by atoms with Crippen molar-refractivity contribution in [3.05, 3.63) is 10.3 Å². The van der Waals surface area contributed by atoms with E-state index in [0.29, 0.717) is 24.7 Å². The Hall–Kier alpha value is -1.56. The monoisotopic (exact) mass is 242 g/mol. The molecular weight excluding hydrogens is 232 g/mol. The van der Waals surface area contributed by atoms with Crippen molar-refractivity contribution in [2.75, 3.05) is 19.8 Å². The summed E-state index contributed by atoms with van der Waals surface area (Å²) in [7, 11) is 0. The van der Waals surface area contributed by atoms with E-state index in [1.165, 1.54) is 0 Å². The van der Waals surface area contributed by atoms with Crippen LogP contribution in [0.1, 0.15) is 16.6 Å². The summed E-state index contributed by atoms with van der Waals surface area (Å²) in [4.78, 5) is 23.2. The maximum atomic E-state index is 11.7. The van der Waals surface area contributed by atoms with Gasteiger partial charge in [-0.25, -0.2) is 4.79 Å². The van der Waals surface area contributed by atoms with Crippen LogP contribution in [0.3, 0.4) is 0 Å². The molecule has 1 aromatic heterocycles. The van der Waals surface area contributed by atoms with Crippen molar-refractivity contribution in [1.29, 1.82) is 0 Å². The fraction of sp³-hybridized carbons (Fsp3) is 0.400. The highest BCUT2D eigenvalue weighted by molar-refractivity contribution is 7.13. The van der Waals surface area contributed by atoms with Gasteiger partial charge in [-0.2, -0.15) is 0 Å². The Morgan fingerprint density at radius 3 is 2.94 bits per heavy atom. The summed E-state index contributed by atoms with van der Waals surface area (Å²) in [5.41, 5.74) is 0. The van der Waals surface area contributed by atoms with Gasteiger partial charge in [-0.05, 0) is 6.92 Å². The number of thiophene rings is 1. The molecule has 0 unspecified atom stereocenters. The lowest BCUT2D eigenvalue weighted by molar-refractivity contribution is -0.137. The van der Waals surface area contributed by atoms with Crippen molar-refractivity contribution in [2.24, 2.45) is 0 Å². The molecule has 0 fully saturated rings. The summed E-state index contributed by atoms with van der Waals surface area (Å²) < 4.78 is 15.2. The molecular formula is C10H10O5S. The average Bonchev–Trinajstić information content (AvgIpc) is 2.72. The van der Waals surface area contributed by atoms with E-state index in [0.717, 1.165) is 11.3 Å². The van der Waals surface area contributed by atoms with Crippen molar-refractivity contribution >= 4 is 23.1 Å². The molecule has 0 radical (unpaired) electrons. The predicted octanol–water partition coefficient (Wildman–Crippen LogP) is 1.27. The molecule has 2 rings (SSSR count). The Morgan fingerprint density at radius 1 is 1.44 bits per heavy atom. The first-order chi connectivity index (χ1) is 7.74. The fourth-order valence-corrected chi connectivity index (χ4v) is 2.17. The number of esters is 1. The molecule has 0 aromatic carbocycles. The second kappa shape index (κ2) is 4.52. The van der Waals surface area contributed by atoms with E-state index >= 15 is 0 Å². The molecule has 0 N–H and O–H groups in total. The minimum Gasteiger partial charge on any atom is -0.485 e. The van der Waals surface area contributed by atoms with Gasteiger partial charge in [0.05, 0.1) is 6.61 Å². The Labute approximate surface area is 95.9 Å². The zero-order valence-corrected chi connectivity index (χ0v) is 9.46. The second-order valence-electron chi connectivity index (χ2n) is 3.00. The Balaban J connectivity index is 2.23. The number of hydrogen-bond donors (Lipinski definition) is 0. The average molecular weight is 242 g/mol. The number of ether oxygens (including phenoxy) is 3. The van der Waals surface area contributed by atoms with Gasteiger partial charge in [0, 0.05) is 5.38 Å². The molecule has 1 aliphatic heterocycles. The number of carbonyl (C=O) groups is 2. The van der Waals surface area contributed by atoms with Gasteiger partial charge >= 0.3 is 5.97 Å². The minimum absolute atomic E-state index is 0.176. The molecule has 0 amide bonds. The molecule has 0 aliphatic carbocycles. The van der Waals surface area contributed by atoms with Crippen LogP contribution in [0.15, 0.2) is 5.38 Å². The van der Waals surface area contributed by atoms with E-state index in [1.54, 1.807) is 12.3 Å². The molecule has 1 aromatic rings. The Bertz CT molecular complexity index is 423. The summed E-state index contributed by atoms with van der Waals surface area (Å²) in [5.74, 6) is -0.668. The largest absolute Gasteiger partial charge is 0.485 e. The highest BCUT2D eigenvalue weighted by Crippen LogP contribution is 2.39. The summed E-state index contributed by atoms with van der Waals surface area (Å²) in [5, 5.41) is 1.65. The van der Waals surface area contributed by atoms with Gasteiger partial charge in [-0.15, -0.1) is 11.3 Å². The van der Waals surface area contributed by atoms with Crippen LogP contribution in [-0.4, -0.2) is 31.6 Å². The standard InChI is InChI=1S/C10H10O5S/c1-2-13-10(12)7(11)9-8-6(5-16-9)14-3-4-15-8/h5H,2-4H2,1H3. The van der Waals surface area contributed by atoms with E-state index < -0.39 is 11.8 Å². The van der Waals surface area contributed by atoms with Gasteiger partial charge in [-0.1, -0.05) is 0 Å². The predicted molar refractivity (Wildman–Crippen MR) is 56.3 cm³/mol. The molecule has 0 atom stereocenters. The van der Waals surface area contributed by atoms with Gasteiger partial charge in [0.1, 0.15) is 18.1 Å². The van der Waals surface area contributed by atoms with Crippen LogP contribution in [0.4, 0.5) is 0 Å². The van der Waals surface area contributed by atoms with E-state index in [1.807, 2.05) is 0 Å². The van der Waals surface area contributed by atoms with Gasteiger partial charge in [0.25, 0.3) is 5.78 Å². The van der Waals surface area contributed by atoms with Crippen molar-refractivity contribution in [3.8, 4) is 11.5 Å². The first-order valence-corrected chi connectivity index (χ1v) is 5.70. The lowest BCUT2D eigenvalue weighted by atomic mass is 10.3. The van der Waals surface area contributed by atoms with Crippen molar-refractivity contribution in [1.82, 2.24) is 0 Å². The van der Waals surface area contributed by atoms with Gasteiger partial charge in [0.15, 0.2) is 11.5 Å². The van der Waals surface area contributed by atoms with Crippen molar-refractivity contribution < 1.29 is 23.8 Å². The van der Waals surface area contributed by atoms with E-state index in [-0.39, 0.29) is 11.5 Å². The van der Waals surface area contributed by atoms with Crippen LogP contribution in [0, 0.1) is 0 Å². The van der Waals surface area contributed by atoms with Crippen molar-refractivity contribution in [3.63, 3.8) is 0 Å². The zero-order valence-electron chi connectivity index (χ0n) is 8.65. The third kappa shape index (κ3) is 1.88. The number of ketones is 1. The first-order valence-electron chi connectivity index (χ1n) is 4.82. The Kier molecular flexibility index (Phi) is 3.09. The van der Waals surface area contributed by atoms with Crippen LogP contribution in [0.5, 0.6) is 11.5 Å². The normalized spacial score (nSPS) is 13.3.